The number of aliphatic imine (C=N–C) groups is 1. The van der Waals surface area contributed by atoms with Crippen LogP contribution >= 0.6 is 0 Å². The molecule has 0 radical (unpaired) electrons. The molecule has 140 valence electrons. The van der Waals surface area contributed by atoms with E-state index in [-0.39, 0.29) is 0 Å². The van der Waals surface area contributed by atoms with Gasteiger partial charge >= 0.3 is 0 Å². The first kappa shape index (κ1) is 19.6. The van der Waals surface area contributed by atoms with Crippen LogP contribution < -0.4 is 10.6 Å². The van der Waals surface area contributed by atoms with E-state index in [1.54, 1.807) is 12.1 Å². The highest BCUT2D eigenvalue weighted by Gasteiger charge is 2.19. The van der Waals surface area contributed by atoms with Crippen LogP contribution in [0.2, 0.25) is 0 Å². The Bertz CT molecular complexity index is 507. The van der Waals surface area contributed by atoms with Crippen LogP contribution in [-0.4, -0.2) is 55.2 Å². The summed E-state index contributed by atoms with van der Waals surface area (Å²) in [5, 5.41) is 16.3. The van der Waals surface area contributed by atoms with Gasteiger partial charge in [0.1, 0.15) is 5.75 Å². The van der Waals surface area contributed by atoms with Crippen LogP contribution in [0.3, 0.4) is 0 Å². The molecule has 1 aromatic rings. The van der Waals surface area contributed by atoms with Crippen molar-refractivity contribution in [1.82, 2.24) is 15.5 Å². The molecule has 1 aliphatic rings. The molecule has 1 saturated heterocycles. The molecule has 1 aromatic carbocycles. The Balaban J connectivity index is 1.61. The molecule has 25 heavy (non-hydrogen) atoms. The Hall–Kier alpha value is -1.75. The fourth-order valence-electron chi connectivity index (χ4n) is 3.23. The summed E-state index contributed by atoms with van der Waals surface area (Å²) >= 11 is 0. The SMILES string of the molecule is CCCCN1CCC(NC(=NC)NCCCc2ccc(O)cc2)CC1. The summed E-state index contributed by atoms with van der Waals surface area (Å²) in [7, 11) is 1.84. The number of rotatable bonds is 8. The molecule has 0 aromatic heterocycles. The quantitative estimate of drug-likeness (QED) is 0.385. The molecule has 2 rings (SSSR count). The number of aromatic hydroxyl groups is 1. The van der Waals surface area contributed by atoms with Gasteiger partial charge in [0.05, 0.1) is 0 Å². The number of piperidine rings is 1. The van der Waals surface area contributed by atoms with Crippen molar-refractivity contribution in [1.29, 1.82) is 0 Å². The van der Waals surface area contributed by atoms with Crippen LogP contribution in [0.5, 0.6) is 5.75 Å². The fraction of sp³-hybridized carbons (Fsp3) is 0.650. The van der Waals surface area contributed by atoms with Crippen LogP contribution in [0.15, 0.2) is 29.3 Å². The Labute approximate surface area is 152 Å². The summed E-state index contributed by atoms with van der Waals surface area (Å²) in [6.07, 6.45) is 7.01. The third kappa shape index (κ3) is 7.34. The Morgan fingerprint density at radius 1 is 1.20 bits per heavy atom. The van der Waals surface area contributed by atoms with Crippen molar-refractivity contribution in [3.8, 4) is 5.75 Å². The maximum atomic E-state index is 9.31. The number of likely N-dealkylation sites (tertiary alicyclic amines) is 1. The van der Waals surface area contributed by atoms with E-state index in [2.05, 4.69) is 27.4 Å². The van der Waals surface area contributed by atoms with E-state index in [1.807, 2.05) is 19.2 Å². The van der Waals surface area contributed by atoms with E-state index in [4.69, 9.17) is 0 Å². The lowest BCUT2D eigenvalue weighted by Crippen LogP contribution is -2.48. The molecule has 0 aliphatic carbocycles. The van der Waals surface area contributed by atoms with Crippen molar-refractivity contribution in [3.05, 3.63) is 29.8 Å². The number of phenols is 1. The van der Waals surface area contributed by atoms with Crippen molar-refractivity contribution in [2.45, 2.75) is 51.5 Å². The van der Waals surface area contributed by atoms with Crippen molar-refractivity contribution < 1.29 is 5.11 Å². The van der Waals surface area contributed by atoms with E-state index in [0.29, 0.717) is 11.8 Å². The normalized spacial score (nSPS) is 16.8. The highest BCUT2D eigenvalue weighted by atomic mass is 16.3. The number of hydrogen-bond acceptors (Lipinski definition) is 3. The number of phenolic OH excluding ortho intramolecular Hbond substituents is 1. The molecule has 0 unspecified atom stereocenters. The van der Waals surface area contributed by atoms with Crippen molar-refractivity contribution in [2.75, 3.05) is 33.2 Å². The minimum atomic E-state index is 0.326. The maximum Gasteiger partial charge on any atom is 0.191 e. The van der Waals surface area contributed by atoms with Gasteiger partial charge < -0.3 is 20.6 Å². The second kappa shape index (κ2) is 11.0. The van der Waals surface area contributed by atoms with Crippen LogP contribution in [0, 0.1) is 0 Å². The van der Waals surface area contributed by atoms with Gasteiger partial charge in [0, 0.05) is 32.7 Å². The number of hydrogen-bond donors (Lipinski definition) is 3. The number of guanidine groups is 1. The molecule has 0 saturated carbocycles. The standard InChI is InChI=1S/C20H34N4O/c1-3-4-14-24-15-11-18(12-16-24)23-20(21-2)22-13-5-6-17-7-9-19(25)10-8-17/h7-10,18,25H,3-6,11-16H2,1-2H3,(H2,21,22,23). The number of benzene rings is 1. The molecule has 1 aliphatic heterocycles. The zero-order valence-electron chi connectivity index (χ0n) is 15.8. The predicted octanol–water partition coefficient (Wildman–Crippen LogP) is 2.75. The van der Waals surface area contributed by atoms with Gasteiger partial charge in [0.2, 0.25) is 0 Å². The number of unbranched alkanes of at least 4 members (excludes halogenated alkanes) is 1. The summed E-state index contributed by atoms with van der Waals surface area (Å²) in [6.45, 7) is 6.78. The topological polar surface area (TPSA) is 59.9 Å². The molecule has 1 heterocycles. The van der Waals surface area contributed by atoms with Crippen molar-refractivity contribution >= 4 is 5.96 Å². The average molecular weight is 347 g/mol. The molecule has 5 nitrogen and oxygen atoms in total. The van der Waals surface area contributed by atoms with Gasteiger partial charge in [-0.15, -0.1) is 0 Å². The van der Waals surface area contributed by atoms with Crippen molar-refractivity contribution in [2.24, 2.45) is 4.99 Å². The van der Waals surface area contributed by atoms with Crippen molar-refractivity contribution in [3.63, 3.8) is 0 Å². The Morgan fingerprint density at radius 3 is 2.56 bits per heavy atom. The fourth-order valence-corrected chi connectivity index (χ4v) is 3.23. The first-order chi connectivity index (χ1) is 12.2. The monoisotopic (exact) mass is 346 g/mol. The van der Waals surface area contributed by atoms with Gasteiger partial charge in [-0.05, 0) is 56.3 Å². The number of nitrogens with one attached hydrogen (secondary N) is 2. The van der Waals surface area contributed by atoms with Gasteiger partial charge in [0.15, 0.2) is 5.96 Å². The highest BCUT2D eigenvalue weighted by Crippen LogP contribution is 2.12. The lowest BCUT2D eigenvalue weighted by Gasteiger charge is -2.33. The molecule has 0 atom stereocenters. The maximum absolute atomic E-state index is 9.31. The van der Waals surface area contributed by atoms with Gasteiger partial charge in [-0.3, -0.25) is 4.99 Å². The zero-order valence-corrected chi connectivity index (χ0v) is 15.8. The second-order valence-corrected chi connectivity index (χ2v) is 6.88. The van der Waals surface area contributed by atoms with E-state index >= 15 is 0 Å². The zero-order chi connectivity index (χ0) is 17.9. The summed E-state index contributed by atoms with van der Waals surface area (Å²) in [4.78, 5) is 6.93. The van der Waals surface area contributed by atoms with E-state index in [0.717, 1.165) is 25.3 Å². The Morgan fingerprint density at radius 2 is 1.92 bits per heavy atom. The Kier molecular flexibility index (Phi) is 8.60. The lowest BCUT2D eigenvalue weighted by molar-refractivity contribution is 0.203. The van der Waals surface area contributed by atoms with Crippen LogP contribution in [0.4, 0.5) is 0 Å². The highest BCUT2D eigenvalue weighted by molar-refractivity contribution is 5.79. The second-order valence-electron chi connectivity index (χ2n) is 6.88. The first-order valence-corrected chi connectivity index (χ1v) is 9.68. The minimum absolute atomic E-state index is 0.326. The summed E-state index contributed by atoms with van der Waals surface area (Å²) in [5.41, 5.74) is 1.25. The predicted molar refractivity (Wildman–Crippen MR) is 105 cm³/mol. The number of nitrogens with zero attached hydrogens (tertiary/aromatic N) is 2. The summed E-state index contributed by atoms with van der Waals surface area (Å²) in [5.74, 6) is 1.24. The molecule has 1 fully saturated rings. The smallest absolute Gasteiger partial charge is 0.191 e. The third-order valence-corrected chi connectivity index (χ3v) is 4.85. The van der Waals surface area contributed by atoms with Gasteiger partial charge in [-0.25, -0.2) is 0 Å². The summed E-state index contributed by atoms with van der Waals surface area (Å²) < 4.78 is 0. The molecular weight excluding hydrogens is 312 g/mol. The van der Waals surface area contributed by atoms with E-state index < -0.39 is 0 Å². The largest absolute Gasteiger partial charge is 0.508 e. The van der Waals surface area contributed by atoms with Gasteiger partial charge in [0.25, 0.3) is 0 Å². The van der Waals surface area contributed by atoms with Gasteiger partial charge in [-0.2, -0.15) is 0 Å². The van der Waals surface area contributed by atoms with Crippen LogP contribution in [0.25, 0.3) is 0 Å². The average Bonchev–Trinajstić information content (AvgIpc) is 2.65. The molecule has 0 bridgehead atoms. The molecule has 0 spiro atoms. The van der Waals surface area contributed by atoms with Crippen LogP contribution in [0.1, 0.15) is 44.6 Å². The van der Waals surface area contributed by atoms with Crippen LogP contribution in [-0.2, 0) is 6.42 Å². The summed E-state index contributed by atoms with van der Waals surface area (Å²) in [6, 6.07) is 7.98. The van der Waals surface area contributed by atoms with E-state index in [1.165, 1.54) is 50.9 Å². The molecule has 5 heteroatoms. The molecule has 0 amide bonds. The lowest BCUT2D eigenvalue weighted by atomic mass is 10.0. The minimum Gasteiger partial charge on any atom is -0.508 e. The molecular formula is C20H34N4O. The van der Waals surface area contributed by atoms with E-state index in [9.17, 15) is 5.11 Å². The third-order valence-electron chi connectivity index (χ3n) is 4.85. The number of aryl methyl sites for hydroxylation is 1. The first-order valence-electron chi connectivity index (χ1n) is 9.68. The van der Waals surface area contributed by atoms with Gasteiger partial charge in [-0.1, -0.05) is 25.5 Å². The molecule has 3 N–H and O–H groups in total.